The SMILES string of the molecule is NC(=O)N/N=C1\CCCC1c1ccccc1. The first-order valence-corrected chi connectivity index (χ1v) is 5.44. The van der Waals surface area contributed by atoms with E-state index < -0.39 is 6.03 Å². The van der Waals surface area contributed by atoms with Crippen molar-refractivity contribution in [1.82, 2.24) is 5.43 Å². The molecule has 1 unspecified atom stereocenters. The van der Waals surface area contributed by atoms with Gasteiger partial charge in [-0.15, -0.1) is 0 Å². The lowest BCUT2D eigenvalue weighted by molar-refractivity contribution is 0.249. The molecule has 0 spiro atoms. The molecule has 1 atom stereocenters. The van der Waals surface area contributed by atoms with Crippen LogP contribution in [0, 0.1) is 0 Å². The van der Waals surface area contributed by atoms with Crippen molar-refractivity contribution in [2.75, 3.05) is 0 Å². The summed E-state index contributed by atoms with van der Waals surface area (Å²) in [7, 11) is 0. The molecule has 84 valence electrons. The van der Waals surface area contributed by atoms with Crippen molar-refractivity contribution in [1.29, 1.82) is 0 Å². The van der Waals surface area contributed by atoms with Gasteiger partial charge in [-0.2, -0.15) is 5.10 Å². The number of carbonyl (C=O) groups is 1. The molecule has 4 nitrogen and oxygen atoms in total. The molecule has 4 heteroatoms. The zero-order chi connectivity index (χ0) is 11.4. The van der Waals surface area contributed by atoms with Crippen molar-refractivity contribution >= 4 is 11.7 Å². The molecule has 16 heavy (non-hydrogen) atoms. The van der Waals surface area contributed by atoms with E-state index in [0.29, 0.717) is 5.92 Å². The van der Waals surface area contributed by atoms with Gasteiger partial charge in [-0.25, -0.2) is 10.2 Å². The van der Waals surface area contributed by atoms with Gasteiger partial charge in [-0.1, -0.05) is 30.3 Å². The molecule has 1 fully saturated rings. The predicted molar refractivity (Wildman–Crippen MR) is 63.2 cm³/mol. The maximum Gasteiger partial charge on any atom is 0.332 e. The number of hydrazone groups is 1. The van der Waals surface area contributed by atoms with Gasteiger partial charge in [0, 0.05) is 11.6 Å². The standard InChI is InChI=1S/C12H15N3O/c13-12(16)15-14-11-8-4-7-10(11)9-5-2-1-3-6-9/h1-3,5-6,10H,4,7-8H2,(H3,13,15,16)/b14-11+. The van der Waals surface area contributed by atoms with Gasteiger partial charge in [0.15, 0.2) is 0 Å². The Kier molecular flexibility index (Phi) is 3.19. The molecule has 0 saturated heterocycles. The van der Waals surface area contributed by atoms with E-state index in [1.54, 1.807) is 0 Å². The van der Waals surface area contributed by atoms with Crippen LogP contribution in [-0.4, -0.2) is 11.7 Å². The molecule has 2 amide bonds. The third kappa shape index (κ3) is 2.39. The fraction of sp³-hybridized carbons (Fsp3) is 0.333. The first kappa shape index (κ1) is 10.7. The van der Waals surface area contributed by atoms with Gasteiger partial charge in [0.2, 0.25) is 0 Å². The van der Waals surface area contributed by atoms with E-state index in [4.69, 9.17) is 5.73 Å². The van der Waals surface area contributed by atoms with Gasteiger partial charge in [-0.05, 0) is 24.8 Å². The number of benzene rings is 1. The van der Waals surface area contributed by atoms with Gasteiger partial charge < -0.3 is 5.73 Å². The Balaban J connectivity index is 2.15. The van der Waals surface area contributed by atoms with Crippen molar-refractivity contribution in [2.24, 2.45) is 10.8 Å². The maximum absolute atomic E-state index is 10.6. The third-order valence-electron chi connectivity index (χ3n) is 2.84. The minimum atomic E-state index is -0.605. The second kappa shape index (κ2) is 4.79. The lowest BCUT2D eigenvalue weighted by Crippen LogP contribution is -2.26. The van der Waals surface area contributed by atoms with Crippen molar-refractivity contribution < 1.29 is 4.79 Å². The Bertz CT molecular complexity index is 400. The number of primary amides is 1. The van der Waals surface area contributed by atoms with Crippen LogP contribution in [0.1, 0.15) is 30.7 Å². The second-order valence-electron chi connectivity index (χ2n) is 3.93. The number of carbonyl (C=O) groups excluding carboxylic acids is 1. The van der Waals surface area contributed by atoms with E-state index in [0.717, 1.165) is 25.0 Å². The Hall–Kier alpha value is -1.84. The van der Waals surface area contributed by atoms with Crippen molar-refractivity contribution in [3.8, 4) is 0 Å². The lowest BCUT2D eigenvalue weighted by atomic mass is 9.96. The third-order valence-corrected chi connectivity index (χ3v) is 2.84. The Labute approximate surface area is 94.5 Å². The number of rotatable bonds is 2. The zero-order valence-corrected chi connectivity index (χ0v) is 9.02. The van der Waals surface area contributed by atoms with Crippen LogP contribution in [0.25, 0.3) is 0 Å². The highest BCUT2D eigenvalue weighted by Gasteiger charge is 2.24. The smallest absolute Gasteiger partial charge is 0.332 e. The molecular weight excluding hydrogens is 202 g/mol. The van der Waals surface area contributed by atoms with Crippen molar-refractivity contribution in [2.45, 2.75) is 25.2 Å². The quantitative estimate of drug-likeness (QED) is 0.731. The highest BCUT2D eigenvalue weighted by molar-refractivity contribution is 5.93. The highest BCUT2D eigenvalue weighted by Crippen LogP contribution is 2.31. The molecule has 1 aliphatic carbocycles. The zero-order valence-electron chi connectivity index (χ0n) is 9.02. The van der Waals surface area contributed by atoms with E-state index in [-0.39, 0.29) is 0 Å². The fourth-order valence-electron chi connectivity index (χ4n) is 2.13. The van der Waals surface area contributed by atoms with Gasteiger partial charge >= 0.3 is 6.03 Å². The van der Waals surface area contributed by atoms with E-state index in [1.807, 2.05) is 18.2 Å². The molecule has 1 aliphatic rings. The van der Waals surface area contributed by atoms with E-state index in [9.17, 15) is 4.79 Å². The van der Waals surface area contributed by atoms with Crippen LogP contribution in [0.5, 0.6) is 0 Å². The summed E-state index contributed by atoms with van der Waals surface area (Å²) >= 11 is 0. The molecule has 2 rings (SSSR count). The van der Waals surface area contributed by atoms with Crippen LogP contribution in [0.3, 0.4) is 0 Å². The molecule has 1 aromatic rings. The Morgan fingerprint density at radius 2 is 2.12 bits per heavy atom. The summed E-state index contributed by atoms with van der Waals surface area (Å²) in [6.45, 7) is 0. The molecule has 0 radical (unpaired) electrons. The summed E-state index contributed by atoms with van der Waals surface area (Å²) in [5.74, 6) is 0.327. The summed E-state index contributed by atoms with van der Waals surface area (Å²) in [6.07, 6.45) is 3.13. The number of hydrogen-bond acceptors (Lipinski definition) is 2. The topological polar surface area (TPSA) is 67.5 Å². The van der Waals surface area contributed by atoms with E-state index >= 15 is 0 Å². The molecule has 3 N–H and O–H groups in total. The molecule has 0 aromatic heterocycles. The Morgan fingerprint density at radius 1 is 1.38 bits per heavy atom. The van der Waals surface area contributed by atoms with Crippen LogP contribution < -0.4 is 11.2 Å². The number of nitrogens with zero attached hydrogens (tertiary/aromatic N) is 1. The molecule has 1 saturated carbocycles. The normalized spacial score (nSPS) is 22.2. The average Bonchev–Trinajstić information content (AvgIpc) is 2.75. The largest absolute Gasteiger partial charge is 0.350 e. The summed E-state index contributed by atoms with van der Waals surface area (Å²) in [6, 6.07) is 9.62. The van der Waals surface area contributed by atoms with E-state index in [2.05, 4.69) is 22.7 Å². The van der Waals surface area contributed by atoms with Crippen molar-refractivity contribution in [3.05, 3.63) is 35.9 Å². The van der Waals surface area contributed by atoms with Crippen LogP contribution in [0.4, 0.5) is 4.79 Å². The van der Waals surface area contributed by atoms with Crippen LogP contribution in [0.15, 0.2) is 35.4 Å². The fourth-order valence-corrected chi connectivity index (χ4v) is 2.13. The summed E-state index contributed by atoms with van der Waals surface area (Å²) < 4.78 is 0. The number of hydrogen-bond donors (Lipinski definition) is 2. The Morgan fingerprint density at radius 3 is 2.81 bits per heavy atom. The van der Waals surface area contributed by atoms with Crippen molar-refractivity contribution in [3.63, 3.8) is 0 Å². The molecule has 0 bridgehead atoms. The highest BCUT2D eigenvalue weighted by atomic mass is 16.2. The molecular formula is C12H15N3O. The average molecular weight is 217 g/mol. The maximum atomic E-state index is 10.6. The summed E-state index contributed by atoms with van der Waals surface area (Å²) in [4.78, 5) is 10.6. The van der Waals surface area contributed by atoms with Crippen LogP contribution in [-0.2, 0) is 0 Å². The minimum Gasteiger partial charge on any atom is -0.350 e. The van der Waals surface area contributed by atoms with Gasteiger partial charge in [0.1, 0.15) is 0 Å². The predicted octanol–water partition coefficient (Wildman–Crippen LogP) is 1.98. The number of amides is 2. The molecule has 1 aromatic carbocycles. The first-order valence-electron chi connectivity index (χ1n) is 5.44. The number of nitrogens with one attached hydrogen (secondary N) is 1. The van der Waals surface area contributed by atoms with Crippen LogP contribution >= 0.6 is 0 Å². The summed E-state index contributed by atoms with van der Waals surface area (Å²) in [5.41, 5.74) is 9.58. The monoisotopic (exact) mass is 217 g/mol. The lowest BCUT2D eigenvalue weighted by Gasteiger charge is -2.10. The summed E-state index contributed by atoms with van der Waals surface area (Å²) in [5, 5.41) is 4.07. The van der Waals surface area contributed by atoms with E-state index in [1.165, 1.54) is 5.56 Å². The van der Waals surface area contributed by atoms with Gasteiger partial charge in [0.05, 0.1) is 0 Å². The molecule has 0 aliphatic heterocycles. The number of nitrogens with two attached hydrogens (primary N) is 1. The van der Waals surface area contributed by atoms with Crippen LogP contribution in [0.2, 0.25) is 0 Å². The van der Waals surface area contributed by atoms with Gasteiger partial charge in [0.25, 0.3) is 0 Å². The second-order valence-corrected chi connectivity index (χ2v) is 3.93. The minimum absolute atomic E-state index is 0.327. The first-order chi connectivity index (χ1) is 7.77. The van der Waals surface area contributed by atoms with Gasteiger partial charge in [-0.3, -0.25) is 0 Å². The number of urea groups is 1. The molecule has 0 heterocycles.